The predicted octanol–water partition coefficient (Wildman–Crippen LogP) is 4.55. The summed E-state index contributed by atoms with van der Waals surface area (Å²) in [6, 6.07) is 17.4. The summed E-state index contributed by atoms with van der Waals surface area (Å²) in [5.41, 5.74) is 1.19. The Kier molecular flexibility index (Phi) is 8.90. The Balaban J connectivity index is 0.00000289. The summed E-state index contributed by atoms with van der Waals surface area (Å²) in [6.45, 7) is 4.14. The molecule has 0 bridgehead atoms. The molecule has 0 amide bonds. The number of benzene rings is 1. The molecule has 0 aliphatic carbocycles. The van der Waals surface area contributed by atoms with Crippen molar-refractivity contribution < 1.29 is 8.81 Å². The van der Waals surface area contributed by atoms with Crippen molar-refractivity contribution in [2.75, 3.05) is 24.5 Å². The van der Waals surface area contributed by atoms with Crippen LogP contribution in [0.25, 0.3) is 0 Å². The van der Waals surface area contributed by atoms with Gasteiger partial charge in [-0.15, -0.1) is 24.0 Å². The van der Waals surface area contributed by atoms with Gasteiger partial charge in [0.2, 0.25) is 0 Å². The molecule has 0 spiro atoms. The number of guanidine groups is 1. The molecule has 2 N–H and O–H groups in total. The molecule has 1 aromatic carbocycles. The molecule has 3 heterocycles. The quantitative estimate of drug-likeness (QED) is 0.257. The fourth-order valence-electron chi connectivity index (χ4n) is 3.77. The second-order valence-corrected chi connectivity index (χ2v) is 7.72. The van der Waals surface area contributed by atoms with Gasteiger partial charge in [0, 0.05) is 38.3 Å². The first-order valence-electron chi connectivity index (χ1n) is 10.7. The van der Waals surface area contributed by atoms with Crippen LogP contribution in [0.5, 0.6) is 0 Å². The first kappa shape index (κ1) is 24.0. The van der Waals surface area contributed by atoms with E-state index in [9.17, 15) is 4.39 Å². The molecule has 8 heteroatoms. The van der Waals surface area contributed by atoms with Crippen molar-refractivity contribution in [1.82, 2.24) is 15.6 Å². The van der Waals surface area contributed by atoms with Crippen molar-refractivity contribution in [3.05, 3.63) is 84.2 Å². The van der Waals surface area contributed by atoms with Crippen molar-refractivity contribution in [3.8, 4) is 0 Å². The molecule has 2 unspecified atom stereocenters. The molecular formula is C24H29FIN5O. The smallest absolute Gasteiger partial charge is 0.192 e. The molecule has 1 fully saturated rings. The minimum Gasteiger partial charge on any atom is -0.469 e. The molecule has 4 rings (SSSR count). The van der Waals surface area contributed by atoms with Gasteiger partial charge in [-0.05, 0) is 43.2 Å². The Hall–Kier alpha value is -2.62. The number of pyridine rings is 1. The van der Waals surface area contributed by atoms with Crippen LogP contribution in [0.15, 0.2) is 76.5 Å². The van der Waals surface area contributed by atoms with Crippen LogP contribution >= 0.6 is 24.0 Å². The van der Waals surface area contributed by atoms with Crippen LogP contribution in [0.1, 0.15) is 30.7 Å². The molecule has 3 aromatic rings. The van der Waals surface area contributed by atoms with Crippen LogP contribution in [-0.2, 0) is 6.42 Å². The maximum absolute atomic E-state index is 14.1. The standard InChI is InChI=1S/C24H28FN5O.HI/c1-18(19-7-3-2-4-8-19)28-24(27-14-11-21-9-6-16-31-21)29-20-12-15-30(17-20)23-22(25)10-5-13-26-23;/h2-10,13,16,18,20H,11-12,14-15,17H2,1H3,(H2,27,28,29);1H. The molecular weight excluding hydrogens is 520 g/mol. The summed E-state index contributed by atoms with van der Waals surface area (Å²) >= 11 is 0. The Morgan fingerprint density at radius 3 is 2.81 bits per heavy atom. The highest BCUT2D eigenvalue weighted by atomic mass is 127. The molecule has 170 valence electrons. The zero-order valence-corrected chi connectivity index (χ0v) is 20.4. The van der Waals surface area contributed by atoms with E-state index in [4.69, 9.17) is 9.41 Å². The number of anilines is 1. The van der Waals surface area contributed by atoms with Crippen LogP contribution in [0, 0.1) is 5.82 Å². The Morgan fingerprint density at radius 2 is 2.06 bits per heavy atom. The summed E-state index contributed by atoms with van der Waals surface area (Å²) in [5, 5.41) is 7.04. The number of hydrogen-bond acceptors (Lipinski definition) is 4. The van der Waals surface area contributed by atoms with Crippen molar-refractivity contribution >= 4 is 35.8 Å². The van der Waals surface area contributed by atoms with Crippen LogP contribution in [-0.4, -0.2) is 36.6 Å². The number of nitrogens with one attached hydrogen (secondary N) is 2. The number of hydrogen-bond donors (Lipinski definition) is 2. The van der Waals surface area contributed by atoms with E-state index in [1.807, 2.05) is 35.2 Å². The maximum atomic E-state index is 14.1. The van der Waals surface area contributed by atoms with E-state index in [0.29, 0.717) is 18.9 Å². The number of halogens is 2. The predicted molar refractivity (Wildman–Crippen MR) is 136 cm³/mol. The molecule has 2 aromatic heterocycles. The summed E-state index contributed by atoms with van der Waals surface area (Å²) in [5.74, 6) is 1.79. The molecule has 1 saturated heterocycles. The largest absolute Gasteiger partial charge is 0.469 e. The van der Waals surface area contributed by atoms with Gasteiger partial charge in [0.05, 0.1) is 12.3 Å². The Labute approximate surface area is 205 Å². The number of aromatic nitrogens is 1. The van der Waals surface area contributed by atoms with Gasteiger partial charge < -0.3 is 20.0 Å². The number of furan rings is 1. The van der Waals surface area contributed by atoms with E-state index in [0.717, 1.165) is 31.1 Å². The monoisotopic (exact) mass is 549 g/mol. The molecule has 1 aliphatic rings. The lowest BCUT2D eigenvalue weighted by atomic mass is 10.1. The minimum absolute atomic E-state index is 0. The molecule has 0 saturated carbocycles. The summed E-state index contributed by atoms with van der Waals surface area (Å²) in [4.78, 5) is 11.0. The fourth-order valence-corrected chi connectivity index (χ4v) is 3.77. The summed E-state index contributed by atoms with van der Waals surface area (Å²) < 4.78 is 19.5. The van der Waals surface area contributed by atoms with Crippen LogP contribution < -0.4 is 15.5 Å². The van der Waals surface area contributed by atoms with Crippen molar-refractivity contribution in [2.45, 2.75) is 31.8 Å². The Bertz CT molecular complexity index is 983. The van der Waals surface area contributed by atoms with Gasteiger partial charge in [-0.2, -0.15) is 0 Å². The fraction of sp³-hybridized carbons (Fsp3) is 0.333. The van der Waals surface area contributed by atoms with Gasteiger partial charge in [0.25, 0.3) is 0 Å². The molecule has 0 radical (unpaired) electrons. The lowest BCUT2D eigenvalue weighted by Crippen LogP contribution is -2.45. The highest BCUT2D eigenvalue weighted by Crippen LogP contribution is 2.21. The van der Waals surface area contributed by atoms with Gasteiger partial charge in [-0.1, -0.05) is 30.3 Å². The molecule has 6 nitrogen and oxygen atoms in total. The molecule has 32 heavy (non-hydrogen) atoms. The van der Waals surface area contributed by atoms with Crippen molar-refractivity contribution in [1.29, 1.82) is 0 Å². The zero-order chi connectivity index (χ0) is 21.5. The number of nitrogens with zero attached hydrogens (tertiary/aromatic N) is 3. The normalized spacial score (nSPS) is 17.0. The van der Waals surface area contributed by atoms with Gasteiger partial charge in [0.1, 0.15) is 5.76 Å². The van der Waals surface area contributed by atoms with Crippen molar-refractivity contribution in [2.24, 2.45) is 4.99 Å². The third kappa shape index (κ3) is 6.44. The van der Waals surface area contributed by atoms with E-state index >= 15 is 0 Å². The third-order valence-corrected chi connectivity index (χ3v) is 5.43. The third-order valence-electron chi connectivity index (χ3n) is 5.43. The van der Waals surface area contributed by atoms with Gasteiger partial charge in [0.15, 0.2) is 17.6 Å². The van der Waals surface area contributed by atoms with Crippen LogP contribution in [0.3, 0.4) is 0 Å². The second kappa shape index (κ2) is 11.8. The van der Waals surface area contributed by atoms with E-state index < -0.39 is 0 Å². The SMILES string of the molecule is CC(NC(=NCCc1ccco1)NC1CCN(c2ncccc2F)C1)c1ccccc1.I. The first-order chi connectivity index (χ1) is 15.2. The topological polar surface area (TPSA) is 65.7 Å². The summed E-state index contributed by atoms with van der Waals surface area (Å²) in [7, 11) is 0. The average molecular weight is 549 g/mol. The van der Waals surface area contributed by atoms with Crippen LogP contribution in [0.2, 0.25) is 0 Å². The van der Waals surface area contributed by atoms with Gasteiger partial charge in [-0.3, -0.25) is 4.99 Å². The highest BCUT2D eigenvalue weighted by molar-refractivity contribution is 14.0. The van der Waals surface area contributed by atoms with Crippen LogP contribution in [0.4, 0.5) is 10.2 Å². The number of rotatable bonds is 7. The van der Waals surface area contributed by atoms with E-state index in [1.165, 1.54) is 11.6 Å². The summed E-state index contributed by atoms with van der Waals surface area (Å²) in [6.07, 6.45) is 4.92. The zero-order valence-electron chi connectivity index (χ0n) is 18.1. The van der Waals surface area contributed by atoms with E-state index in [2.05, 4.69) is 34.7 Å². The lowest BCUT2D eigenvalue weighted by molar-refractivity contribution is 0.510. The molecule has 2 atom stereocenters. The second-order valence-electron chi connectivity index (χ2n) is 7.72. The maximum Gasteiger partial charge on any atom is 0.192 e. The number of aliphatic imine (C=N–C) groups is 1. The van der Waals surface area contributed by atoms with Gasteiger partial charge >= 0.3 is 0 Å². The van der Waals surface area contributed by atoms with E-state index in [1.54, 1.807) is 18.5 Å². The van der Waals surface area contributed by atoms with E-state index in [-0.39, 0.29) is 41.9 Å². The minimum atomic E-state index is -0.286. The van der Waals surface area contributed by atoms with Gasteiger partial charge in [-0.25, -0.2) is 9.37 Å². The first-order valence-corrected chi connectivity index (χ1v) is 10.7. The lowest BCUT2D eigenvalue weighted by Gasteiger charge is -2.22. The molecule has 1 aliphatic heterocycles. The Morgan fingerprint density at radius 1 is 1.22 bits per heavy atom. The highest BCUT2D eigenvalue weighted by Gasteiger charge is 2.26. The average Bonchev–Trinajstić information content (AvgIpc) is 3.47. The van der Waals surface area contributed by atoms with Crippen molar-refractivity contribution in [3.63, 3.8) is 0 Å².